The Kier molecular flexibility index (Phi) is 10.6. The number of carboxylic acid groups (broad SMARTS) is 2. The molecule has 0 bridgehead atoms. The summed E-state index contributed by atoms with van der Waals surface area (Å²) in [5.41, 5.74) is 6.19. The van der Waals surface area contributed by atoms with E-state index in [1.165, 1.54) is 21.6 Å². The molecule has 144 valence electrons. The fraction of sp³-hybridized carbons (Fsp3) is 0.438. The van der Waals surface area contributed by atoms with Gasteiger partial charge in [0, 0.05) is 11.5 Å². The van der Waals surface area contributed by atoms with Crippen LogP contribution in [0.3, 0.4) is 0 Å². The van der Waals surface area contributed by atoms with Crippen molar-refractivity contribution in [2.45, 2.75) is 31.5 Å². The molecule has 0 aromatic heterocycles. The third kappa shape index (κ3) is 9.54. The molecule has 0 aliphatic rings. The fourth-order valence-corrected chi connectivity index (χ4v) is 3.95. The molecule has 1 aromatic rings. The van der Waals surface area contributed by atoms with Gasteiger partial charge in [-0.2, -0.15) is 0 Å². The first-order valence-corrected chi connectivity index (χ1v) is 10.3. The Hall–Kier alpha value is -1.91. The summed E-state index contributed by atoms with van der Waals surface area (Å²) >= 11 is 0. The van der Waals surface area contributed by atoms with E-state index < -0.39 is 30.1 Å². The van der Waals surface area contributed by atoms with Crippen LogP contribution in [0.25, 0.3) is 0 Å². The van der Waals surface area contributed by atoms with Crippen LogP contribution >= 0.6 is 21.6 Å². The van der Waals surface area contributed by atoms with Crippen LogP contribution in [-0.4, -0.2) is 51.8 Å². The van der Waals surface area contributed by atoms with E-state index in [1.54, 1.807) is 12.1 Å². The van der Waals surface area contributed by atoms with Gasteiger partial charge < -0.3 is 26.0 Å². The lowest BCUT2D eigenvalue weighted by Gasteiger charge is -2.14. The van der Waals surface area contributed by atoms with E-state index in [9.17, 15) is 19.5 Å². The molecule has 0 spiro atoms. The average molecular weight is 402 g/mol. The minimum absolute atomic E-state index is 0.0629. The van der Waals surface area contributed by atoms with Crippen molar-refractivity contribution in [2.24, 2.45) is 5.73 Å². The first-order chi connectivity index (χ1) is 12.4. The first-order valence-electron chi connectivity index (χ1n) is 7.83. The molecule has 1 aromatic carbocycles. The molecule has 0 aliphatic heterocycles. The number of carbonyl (C=O) groups excluding carboxylic acids is 1. The SMILES string of the molecule is N[C@@H](CCSSCC[C@H](NC(=O)OCc1ccccc1)C(=O)O)C(=O)O. The molecule has 0 heterocycles. The lowest BCUT2D eigenvalue weighted by atomic mass is 10.2. The summed E-state index contributed by atoms with van der Waals surface area (Å²) in [6.07, 6.45) is -0.232. The van der Waals surface area contributed by atoms with Gasteiger partial charge in [0.05, 0.1) is 0 Å². The van der Waals surface area contributed by atoms with E-state index in [1.807, 2.05) is 18.2 Å². The van der Waals surface area contributed by atoms with E-state index in [0.29, 0.717) is 17.9 Å². The smallest absolute Gasteiger partial charge is 0.408 e. The predicted molar refractivity (Wildman–Crippen MR) is 101 cm³/mol. The van der Waals surface area contributed by atoms with Crippen molar-refractivity contribution in [1.82, 2.24) is 5.32 Å². The number of nitrogens with two attached hydrogens (primary N) is 1. The van der Waals surface area contributed by atoms with E-state index in [4.69, 9.17) is 15.6 Å². The number of amides is 1. The van der Waals surface area contributed by atoms with Crippen LogP contribution in [0, 0.1) is 0 Å². The molecule has 0 saturated carbocycles. The van der Waals surface area contributed by atoms with Crippen LogP contribution in [0.1, 0.15) is 18.4 Å². The second-order valence-electron chi connectivity index (χ2n) is 5.26. The zero-order valence-corrected chi connectivity index (χ0v) is 15.6. The second kappa shape index (κ2) is 12.4. The van der Waals surface area contributed by atoms with Gasteiger partial charge in [-0.25, -0.2) is 9.59 Å². The highest BCUT2D eigenvalue weighted by atomic mass is 33.1. The van der Waals surface area contributed by atoms with Crippen molar-refractivity contribution < 1.29 is 29.3 Å². The third-order valence-corrected chi connectivity index (χ3v) is 5.68. The Bertz CT molecular complexity index is 587. The summed E-state index contributed by atoms with van der Waals surface area (Å²) in [7, 11) is 2.82. The standard InChI is InChI=1S/C16H22N2O6S2/c17-12(14(19)20)6-8-25-26-9-7-13(15(21)22)18-16(23)24-10-11-4-2-1-3-5-11/h1-5,12-13H,6-10,17H2,(H,18,23)(H,19,20)(H,21,22)/t12-,13-/m0/s1. The Morgan fingerprint density at radius 3 is 2.23 bits per heavy atom. The summed E-state index contributed by atoms with van der Waals surface area (Å²) < 4.78 is 5.01. The summed E-state index contributed by atoms with van der Waals surface area (Å²) in [4.78, 5) is 33.5. The minimum Gasteiger partial charge on any atom is -0.480 e. The van der Waals surface area contributed by atoms with Gasteiger partial charge in [-0.1, -0.05) is 51.9 Å². The number of carboxylic acids is 2. The maximum absolute atomic E-state index is 11.7. The number of carbonyl (C=O) groups is 3. The molecule has 0 radical (unpaired) electrons. The Morgan fingerprint density at radius 2 is 1.65 bits per heavy atom. The molecule has 0 saturated heterocycles. The van der Waals surface area contributed by atoms with Crippen molar-refractivity contribution in [1.29, 1.82) is 0 Å². The van der Waals surface area contributed by atoms with Crippen LogP contribution in [0.5, 0.6) is 0 Å². The predicted octanol–water partition coefficient (Wildman–Crippen LogP) is 1.94. The van der Waals surface area contributed by atoms with Crippen molar-refractivity contribution in [2.75, 3.05) is 11.5 Å². The van der Waals surface area contributed by atoms with Crippen LogP contribution in [0.2, 0.25) is 0 Å². The maximum Gasteiger partial charge on any atom is 0.408 e. The molecular formula is C16H22N2O6S2. The first kappa shape index (κ1) is 22.1. The minimum atomic E-state index is -1.14. The normalized spacial score (nSPS) is 12.8. The van der Waals surface area contributed by atoms with Crippen molar-refractivity contribution in [3.63, 3.8) is 0 Å². The largest absolute Gasteiger partial charge is 0.480 e. The number of hydrogen-bond acceptors (Lipinski definition) is 7. The molecule has 1 amide bonds. The Morgan fingerprint density at radius 1 is 1.04 bits per heavy atom. The second-order valence-corrected chi connectivity index (χ2v) is 7.97. The van der Waals surface area contributed by atoms with Crippen LogP contribution in [-0.2, 0) is 20.9 Å². The number of benzene rings is 1. The Labute approximate surface area is 159 Å². The maximum atomic E-state index is 11.7. The lowest BCUT2D eigenvalue weighted by Crippen LogP contribution is -2.41. The number of rotatable bonds is 12. The van der Waals surface area contributed by atoms with E-state index in [0.717, 1.165) is 5.56 Å². The molecular weight excluding hydrogens is 380 g/mol. The Balaban J connectivity index is 2.23. The third-order valence-electron chi connectivity index (χ3n) is 3.21. The molecule has 5 N–H and O–H groups in total. The van der Waals surface area contributed by atoms with Crippen molar-refractivity contribution in [3.05, 3.63) is 35.9 Å². The molecule has 2 atom stereocenters. The quantitative estimate of drug-likeness (QED) is 0.305. The summed E-state index contributed by atoms with van der Waals surface area (Å²) in [6, 6.07) is 7.13. The highest BCUT2D eigenvalue weighted by Crippen LogP contribution is 2.23. The molecule has 26 heavy (non-hydrogen) atoms. The number of alkyl carbamates (subject to hydrolysis) is 1. The van der Waals surface area contributed by atoms with Crippen LogP contribution in [0.15, 0.2) is 30.3 Å². The van der Waals surface area contributed by atoms with Gasteiger partial charge in [0.25, 0.3) is 0 Å². The van der Waals surface area contributed by atoms with Gasteiger partial charge >= 0.3 is 18.0 Å². The van der Waals surface area contributed by atoms with Crippen molar-refractivity contribution in [3.8, 4) is 0 Å². The van der Waals surface area contributed by atoms with E-state index in [2.05, 4.69) is 5.32 Å². The van der Waals surface area contributed by atoms with Gasteiger partial charge in [0.1, 0.15) is 18.7 Å². The van der Waals surface area contributed by atoms with E-state index >= 15 is 0 Å². The summed E-state index contributed by atoms with van der Waals surface area (Å²) in [6.45, 7) is 0.0629. The number of nitrogens with one attached hydrogen (secondary N) is 1. The molecule has 0 unspecified atom stereocenters. The average Bonchev–Trinajstić information content (AvgIpc) is 2.62. The highest BCUT2D eigenvalue weighted by Gasteiger charge is 2.20. The highest BCUT2D eigenvalue weighted by molar-refractivity contribution is 8.76. The zero-order valence-electron chi connectivity index (χ0n) is 14.0. The monoisotopic (exact) mass is 402 g/mol. The fourth-order valence-electron chi connectivity index (χ4n) is 1.75. The van der Waals surface area contributed by atoms with Crippen LogP contribution < -0.4 is 11.1 Å². The summed E-state index contributed by atoms with van der Waals surface area (Å²) in [5.74, 6) is -1.16. The number of aliphatic carboxylic acids is 2. The van der Waals surface area contributed by atoms with E-state index in [-0.39, 0.29) is 13.0 Å². The van der Waals surface area contributed by atoms with Gasteiger partial charge in [0.15, 0.2) is 0 Å². The molecule has 0 aliphatic carbocycles. The van der Waals surface area contributed by atoms with Crippen LogP contribution in [0.4, 0.5) is 4.79 Å². The van der Waals surface area contributed by atoms with Gasteiger partial charge in [-0.3, -0.25) is 4.79 Å². The van der Waals surface area contributed by atoms with Gasteiger partial charge in [0.2, 0.25) is 0 Å². The molecule has 10 heteroatoms. The number of hydrogen-bond donors (Lipinski definition) is 4. The molecule has 0 fully saturated rings. The topological polar surface area (TPSA) is 139 Å². The van der Waals surface area contributed by atoms with Gasteiger partial charge in [-0.05, 0) is 18.4 Å². The lowest BCUT2D eigenvalue weighted by molar-refractivity contribution is -0.140. The molecule has 1 rings (SSSR count). The van der Waals surface area contributed by atoms with Crippen molar-refractivity contribution >= 4 is 39.6 Å². The molecule has 8 nitrogen and oxygen atoms in total. The number of ether oxygens (including phenoxy) is 1. The van der Waals surface area contributed by atoms with Gasteiger partial charge in [-0.15, -0.1) is 0 Å². The zero-order chi connectivity index (χ0) is 19.4. The summed E-state index contributed by atoms with van der Waals surface area (Å²) in [5, 5.41) is 20.2.